The molecule has 2 aromatic rings. The summed E-state index contributed by atoms with van der Waals surface area (Å²) in [6, 6.07) is 0. The van der Waals surface area contributed by atoms with Gasteiger partial charge in [-0.05, 0) is 51.4 Å². The summed E-state index contributed by atoms with van der Waals surface area (Å²) in [6.45, 7) is 6.23. The van der Waals surface area contributed by atoms with Gasteiger partial charge in [0.05, 0.1) is 5.39 Å². The van der Waals surface area contributed by atoms with Crippen LogP contribution in [0, 0.1) is 18.6 Å². The SMILES string of the molecule is Cc1sc2[nH]c(=S)n(C3(C)CCCC3)c(=O)c2c1C. The van der Waals surface area contributed by atoms with E-state index < -0.39 is 0 Å². The number of thiophene rings is 1. The number of rotatable bonds is 1. The number of aryl methyl sites for hydroxylation is 2. The van der Waals surface area contributed by atoms with Crippen molar-refractivity contribution >= 4 is 33.8 Å². The number of nitrogens with one attached hydrogen (secondary N) is 1. The van der Waals surface area contributed by atoms with Crippen LogP contribution in [-0.4, -0.2) is 9.55 Å². The minimum absolute atomic E-state index is 0.0880. The van der Waals surface area contributed by atoms with E-state index in [4.69, 9.17) is 12.2 Å². The lowest BCUT2D eigenvalue weighted by atomic mass is 10.0. The molecule has 1 fully saturated rings. The van der Waals surface area contributed by atoms with Gasteiger partial charge in [0, 0.05) is 10.4 Å². The number of aromatic nitrogens is 2. The van der Waals surface area contributed by atoms with E-state index in [0.717, 1.165) is 28.6 Å². The Balaban J connectivity index is 2.40. The standard InChI is InChI=1S/C14H18N2OS2/c1-8-9(2)19-11-10(8)12(17)16(13(18)15-11)14(3)6-4-5-7-14/h4-7H2,1-3H3,(H,15,18). The summed E-state index contributed by atoms with van der Waals surface area (Å²) in [5.41, 5.74) is 1.07. The van der Waals surface area contributed by atoms with Gasteiger partial charge in [-0.2, -0.15) is 0 Å². The van der Waals surface area contributed by atoms with Crippen LogP contribution in [0.25, 0.3) is 10.2 Å². The molecule has 1 aliphatic carbocycles. The second-order valence-corrected chi connectivity index (χ2v) is 7.37. The number of nitrogens with zero attached hydrogens (tertiary/aromatic N) is 1. The van der Waals surface area contributed by atoms with Crippen LogP contribution in [0.2, 0.25) is 0 Å². The molecule has 0 aromatic carbocycles. The molecule has 1 aliphatic rings. The number of fused-ring (bicyclic) bond motifs is 1. The van der Waals surface area contributed by atoms with E-state index in [0.29, 0.717) is 4.77 Å². The first-order valence-corrected chi connectivity index (χ1v) is 7.92. The lowest BCUT2D eigenvalue weighted by Crippen LogP contribution is -2.37. The Bertz CT molecular complexity index is 760. The highest BCUT2D eigenvalue weighted by molar-refractivity contribution is 7.71. The summed E-state index contributed by atoms with van der Waals surface area (Å²) in [5, 5.41) is 0.823. The molecule has 1 N–H and O–H groups in total. The molecule has 1 saturated carbocycles. The molecule has 0 atom stereocenters. The topological polar surface area (TPSA) is 37.8 Å². The molecule has 5 heteroatoms. The molecule has 3 rings (SSSR count). The summed E-state index contributed by atoms with van der Waals surface area (Å²) in [4.78, 5) is 18.2. The predicted molar refractivity (Wildman–Crippen MR) is 82.9 cm³/mol. The van der Waals surface area contributed by atoms with Crippen molar-refractivity contribution in [2.24, 2.45) is 0 Å². The summed E-state index contributed by atoms with van der Waals surface area (Å²) in [5.74, 6) is 0. The molecule has 0 bridgehead atoms. The third kappa shape index (κ3) is 1.82. The molecular formula is C14H18N2OS2. The minimum atomic E-state index is -0.110. The van der Waals surface area contributed by atoms with Gasteiger partial charge >= 0.3 is 0 Å². The second kappa shape index (κ2) is 4.28. The fourth-order valence-corrected chi connectivity index (χ4v) is 4.70. The zero-order chi connectivity index (χ0) is 13.8. The van der Waals surface area contributed by atoms with Crippen molar-refractivity contribution in [1.29, 1.82) is 0 Å². The summed E-state index contributed by atoms with van der Waals surface area (Å²) in [7, 11) is 0. The Morgan fingerprint density at radius 2 is 1.95 bits per heavy atom. The van der Waals surface area contributed by atoms with Crippen molar-refractivity contribution in [3.8, 4) is 0 Å². The van der Waals surface area contributed by atoms with E-state index in [1.807, 2.05) is 11.5 Å². The maximum atomic E-state index is 12.9. The lowest BCUT2D eigenvalue weighted by Gasteiger charge is -2.26. The molecule has 3 nitrogen and oxygen atoms in total. The fraction of sp³-hybridized carbons (Fsp3) is 0.571. The first-order chi connectivity index (χ1) is 8.94. The third-order valence-electron chi connectivity index (χ3n) is 4.45. The van der Waals surface area contributed by atoms with Crippen molar-refractivity contribution in [2.45, 2.75) is 52.0 Å². The zero-order valence-corrected chi connectivity index (χ0v) is 13.1. The van der Waals surface area contributed by atoms with E-state index in [1.165, 1.54) is 17.7 Å². The quantitative estimate of drug-likeness (QED) is 0.806. The van der Waals surface area contributed by atoms with Gasteiger partial charge in [0.2, 0.25) is 0 Å². The minimum Gasteiger partial charge on any atom is -0.323 e. The number of H-pyrrole nitrogens is 1. The van der Waals surface area contributed by atoms with Gasteiger partial charge in [-0.15, -0.1) is 11.3 Å². The Morgan fingerprint density at radius 3 is 2.58 bits per heavy atom. The fourth-order valence-electron chi connectivity index (χ4n) is 3.18. The highest BCUT2D eigenvalue weighted by atomic mass is 32.1. The van der Waals surface area contributed by atoms with Gasteiger partial charge < -0.3 is 4.98 Å². The van der Waals surface area contributed by atoms with Crippen LogP contribution in [0.1, 0.15) is 43.0 Å². The third-order valence-corrected chi connectivity index (χ3v) is 5.85. The monoisotopic (exact) mass is 294 g/mol. The van der Waals surface area contributed by atoms with Crippen molar-refractivity contribution in [3.05, 3.63) is 25.6 Å². The van der Waals surface area contributed by atoms with Gasteiger partial charge in [-0.25, -0.2) is 0 Å². The molecule has 0 amide bonds. The molecule has 0 aliphatic heterocycles. The van der Waals surface area contributed by atoms with Crippen LogP contribution >= 0.6 is 23.6 Å². The summed E-state index contributed by atoms with van der Waals surface area (Å²) >= 11 is 7.06. The van der Waals surface area contributed by atoms with Crippen LogP contribution in [0.4, 0.5) is 0 Å². The average Bonchev–Trinajstić information content (AvgIpc) is 2.85. The first kappa shape index (κ1) is 13.1. The van der Waals surface area contributed by atoms with Crippen LogP contribution in [0.15, 0.2) is 4.79 Å². The van der Waals surface area contributed by atoms with Crippen molar-refractivity contribution in [3.63, 3.8) is 0 Å². The zero-order valence-electron chi connectivity index (χ0n) is 11.5. The molecule has 2 heterocycles. The van der Waals surface area contributed by atoms with E-state index in [2.05, 4.69) is 18.8 Å². The van der Waals surface area contributed by atoms with Crippen molar-refractivity contribution < 1.29 is 0 Å². The molecule has 0 radical (unpaired) electrons. The smallest absolute Gasteiger partial charge is 0.263 e. The number of hydrogen-bond acceptors (Lipinski definition) is 3. The lowest BCUT2D eigenvalue weighted by molar-refractivity contribution is 0.313. The molecule has 19 heavy (non-hydrogen) atoms. The van der Waals surface area contributed by atoms with Gasteiger partial charge in [-0.1, -0.05) is 12.8 Å². The number of aromatic amines is 1. The summed E-state index contributed by atoms with van der Waals surface area (Å²) < 4.78 is 2.40. The van der Waals surface area contributed by atoms with Gasteiger partial charge in [0.25, 0.3) is 5.56 Å². The molecule has 0 saturated heterocycles. The molecular weight excluding hydrogens is 276 g/mol. The van der Waals surface area contributed by atoms with Crippen molar-refractivity contribution in [2.75, 3.05) is 0 Å². The Hall–Kier alpha value is -0.940. The van der Waals surface area contributed by atoms with Gasteiger partial charge in [0.1, 0.15) is 4.83 Å². The number of hydrogen-bond donors (Lipinski definition) is 1. The summed E-state index contributed by atoms with van der Waals surface area (Å²) in [6.07, 6.45) is 4.44. The normalized spacial score (nSPS) is 18.3. The maximum Gasteiger partial charge on any atom is 0.263 e. The first-order valence-electron chi connectivity index (χ1n) is 6.69. The molecule has 0 unspecified atom stereocenters. The Labute approximate surface area is 121 Å². The highest BCUT2D eigenvalue weighted by Crippen LogP contribution is 2.36. The molecule has 0 spiro atoms. The van der Waals surface area contributed by atoms with E-state index in [1.54, 1.807) is 11.3 Å². The second-order valence-electron chi connectivity index (χ2n) is 5.76. The van der Waals surface area contributed by atoms with E-state index in [9.17, 15) is 4.79 Å². The Kier molecular flexibility index (Phi) is 2.94. The van der Waals surface area contributed by atoms with Crippen LogP contribution in [-0.2, 0) is 5.54 Å². The van der Waals surface area contributed by atoms with Crippen LogP contribution in [0.3, 0.4) is 0 Å². The van der Waals surface area contributed by atoms with Crippen LogP contribution in [0.5, 0.6) is 0 Å². The van der Waals surface area contributed by atoms with Crippen LogP contribution < -0.4 is 5.56 Å². The van der Waals surface area contributed by atoms with Crippen molar-refractivity contribution in [1.82, 2.24) is 9.55 Å². The average molecular weight is 294 g/mol. The van der Waals surface area contributed by atoms with E-state index in [-0.39, 0.29) is 11.1 Å². The molecule has 102 valence electrons. The predicted octanol–water partition coefficient (Wildman–Crippen LogP) is 4.03. The molecule has 2 aromatic heterocycles. The largest absolute Gasteiger partial charge is 0.323 e. The maximum absolute atomic E-state index is 12.9. The Morgan fingerprint density at radius 1 is 1.32 bits per heavy atom. The highest BCUT2D eigenvalue weighted by Gasteiger charge is 2.33. The van der Waals surface area contributed by atoms with Gasteiger partial charge in [0.15, 0.2) is 4.77 Å². The van der Waals surface area contributed by atoms with E-state index >= 15 is 0 Å². The van der Waals surface area contributed by atoms with Gasteiger partial charge in [-0.3, -0.25) is 9.36 Å².